The van der Waals surface area contributed by atoms with Crippen LogP contribution in [0, 0.1) is 5.95 Å². The highest BCUT2D eigenvalue weighted by atomic mass is 35.5. The number of aromatic nitrogens is 1. The average Bonchev–Trinajstić information content (AvgIpc) is 1.99. The van der Waals surface area contributed by atoms with Gasteiger partial charge in [0.2, 0.25) is 5.95 Å². The molecular weight excluding hydrogens is 235 g/mol. The molecule has 3 nitrogen and oxygen atoms in total. The molecule has 7 heteroatoms. The first-order valence-corrected chi connectivity index (χ1v) is 4.12. The monoisotopic (exact) mass is 239 g/mol. The molecule has 0 radical (unpaired) electrons. The minimum Gasteiger partial charge on any atom is -0.481 e. The number of rotatable bonds is 3. The third-order valence-corrected chi connectivity index (χ3v) is 1.91. The molecule has 0 saturated carbocycles. The summed E-state index contributed by atoms with van der Waals surface area (Å²) < 4.78 is 39.3. The van der Waals surface area contributed by atoms with Crippen molar-refractivity contribution < 1.29 is 23.1 Å². The summed E-state index contributed by atoms with van der Waals surface area (Å²) in [6, 6.07) is 0.968. The summed E-state index contributed by atoms with van der Waals surface area (Å²) in [7, 11) is 0. The minimum absolute atomic E-state index is 0.547. The number of carboxylic acids is 1. The van der Waals surface area contributed by atoms with E-state index in [9.17, 15) is 18.0 Å². The van der Waals surface area contributed by atoms with Crippen LogP contribution in [0.3, 0.4) is 0 Å². The topological polar surface area (TPSA) is 50.2 Å². The summed E-state index contributed by atoms with van der Waals surface area (Å²) in [4.78, 5) is 13.1. The van der Waals surface area contributed by atoms with E-state index in [2.05, 4.69) is 4.98 Å². The van der Waals surface area contributed by atoms with E-state index >= 15 is 0 Å². The maximum atomic E-state index is 13.2. The van der Waals surface area contributed by atoms with Gasteiger partial charge in [-0.3, -0.25) is 4.79 Å². The Morgan fingerprint density at radius 1 is 1.60 bits per heavy atom. The summed E-state index contributed by atoms with van der Waals surface area (Å²) in [5.74, 6) is -7.09. The summed E-state index contributed by atoms with van der Waals surface area (Å²) >= 11 is 5.34. The highest BCUT2D eigenvalue weighted by molar-refractivity contribution is 6.31. The molecule has 0 saturated heterocycles. The molecular formula is C8H5ClF3NO2. The number of nitrogens with zero attached hydrogens (tertiary/aromatic N) is 1. The van der Waals surface area contributed by atoms with Gasteiger partial charge in [-0.25, -0.2) is 13.8 Å². The Labute approximate surface area is 87.5 Å². The predicted octanol–water partition coefficient (Wildman–Crippen LogP) is 2.44. The van der Waals surface area contributed by atoms with E-state index in [4.69, 9.17) is 16.7 Å². The Kier molecular flexibility index (Phi) is 3.18. The van der Waals surface area contributed by atoms with Crippen molar-refractivity contribution in [2.75, 3.05) is 0 Å². The van der Waals surface area contributed by atoms with Gasteiger partial charge in [-0.15, -0.1) is 0 Å². The highest BCUT2D eigenvalue weighted by Crippen LogP contribution is 2.37. The molecule has 0 unspecified atom stereocenters. The van der Waals surface area contributed by atoms with E-state index in [-0.39, 0.29) is 0 Å². The van der Waals surface area contributed by atoms with Crippen LogP contribution in [0.2, 0.25) is 5.02 Å². The van der Waals surface area contributed by atoms with Crippen molar-refractivity contribution in [2.45, 2.75) is 12.3 Å². The van der Waals surface area contributed by atoms with Crippen LogP contribution in [0.25, 0.3) is 0 Å². The molecule has 15 heavy (non-hydrogen) atoms. The van der Waals surface area contributed by atoms with Crippen LogP contribution in [0.4, 0.5) is 13.2 Å². The standard InChI is InChI=1S/C8H5ClF3NO2/c9-4-1-2-13-7(10)6(4)8(11,12)3-5(14)15/h1-2H,3H2,(H,14,15). The zero-order chi connectivity index (χ0) is 11.6. The number of carbonyl (C=O) groups is 1. The van der Waals surface area contributed by atoms with Crippen molar-refractivity contribution in [3.8, 4) is 0 Å². The minimum atomic E-state index is -3.87. The lowest BCUT2D eigenvalue weighted by Gasteiger charge is -2.15. The molecule has 0 spiro atoms. The van der Waals surface area contributed by atoms with Gasteiger partial charge < -0.3 is 5.11 Å². The van der Waals surface area contributed by atoms with Gasteiger partial charge in [0.15, 0.2) is 0 Å². The lowest BCUT2D eigenvalue weighted by atomic mass is 10.1. The van der Waals surface area contributed by atoms with Crippen molar-refractivity contribution in [3.05, 3.63) is 28.8 Å². The number of halogens is 4. The molecule has 0 amide bonds. The van der Waals surface area contributed by atoms with Crippen LogP contribution in [0.1, 0.15) is 12.0 Å². The van der Waals surface area contributed by atoms with E-state index in [1.807, 2.05) is 0 Å². The molecule has 1 rings (SSSR count). The van der Waals surface area contributed by atoms with Crippen molar-refractivity contribution in [1.29, 1.82) is 0 Å². The van der Waals surface area contributed by atoms with Crippen LogP contribution in [0.15, 0.2) is 12.3 Å². The van der Waals surface area contributed by atoms with Gasteiger partial charge in [0, 0.05) is 6.20 Å². The number of aliphatic carboxylic acids is 1. The molecule has 0 bridgehead atoms. The summed E-state index contributed by atoms with van der Waals surface area (Å²) in [5, 5.41) is 7.68. The first-order chi connectivity index (χ1) is 6.84. The number of alkyl halides is 2. The highest BCUT2D eigenvalue weighted by Gasteiger charge is 2.39. The molecule has 1 heterocycles. The number of hydrogen-bond acceptors (Lipinski definition) is 2. The van der Waals surface area contributed by atoms with E-state index in [1.54, 1.807) is 0 Å². The molecule has 1 aromatic heterocycles. The lowest BCUT2D eigenvalue weighted by molar-refractivity contribution is -0.145. The molecule has 0 aliphatic rings. The van der Waals surface area contributed by atoms with E-state index in [0.717, 1.165) is 12.3 Å². The van der Waals surface area contributed by atoms with Gasteiger partial charge in [-0.05, 0) is 6.07 Å². The van der Waals surface area contributed by atoms with Gasteiger partial charge in [0.05, 0.1) is 10.6 Å². The Bertz CT molecular complexity index is 377. The summed E-state index contributed by atoms with van der Waals surface area (Å²) in [5.41, 5.74) is -1.19. The fraction of sp³-hybridized carbons (Fsp3) is 0.250. The third-order valence-electron chi connectivity index (χ3n) is 1.59. The van der Waals surface area contributed by atoms with E-state index < -0.39 is 34.8 Å². The van der Waals surface area contributed by atoms with Crippen molar-refractivity contribution in [3.63, 3.8) is 0 Å². The summed E-state index contributed by atoms with van der Waals surface area (Å²) in [6.07, 6.45) is -0.618. The molecule has 0 aliphatic carbocycles. The van der Waals surface area contributed by atoms with Crippen molar-refractivity contribution >= 4 is 17.6 Å². The largest absolute Gasteiger partial charge is 0.481 e. The fourth-order valence-electron chi connectivity index (χ4n) is 1.02. The predicted molar refractivity (Wildman–Crippen MR) is 45.4 cm³/mol. The molecule has 0 aliphatic heterocycles. The Balaban J connectivity index is 3.19. The first-order valence-electron chi connectivity index (χ1n) is 3.74. The SMILES string of the molecule is O=C(O)CC(F)(F)c1c(Cl)ccnc1F. The second-order valence-corrected chi connectivity index (χ2v) is 3.14. The quantitative estimate of drug-likeness (QED) is 0.825. The van der Waals surface area contributed by atoms with E-state index in [1.165, 1.54) is 0 Å². The molecule has 0 atom stereocenters. The normalized spacial score (nSPS) is 11.5. The van der Waals surface area contributed by atoms with Gasteiger partial charge in [0.1, 0.15) is 6.42 Å². The van der Waals surface area contributed by atoms with Gasteiger partial charge in [-0.2, -0.15) is 4.39 Å². The Morgan fingerprint density at radius 3 is 2.67 bits per heavy atom. The fourth-order valence-corrected chi connectivity index (χ4v) is 1.29. The smallest absolute Gasteiger partial charge is 0.309 e. The zero-order valence-corrected chi connectivity index (χ0v) is 7.93. The molecule has 1 aromatic rings. The van der Waals surface area contributed by atoms with Crippen molar-refractivity contribution in [1.82, 2.24) is 4.98 Å². The van der Waals surface area contributed by atoms with Crippen LogP contribution >= 0.6 is 11.6 Å². The number of carboxylic acid groups (broad SMARTS) is 1. The third kappa shape index (κ3) is 2.59. The van der Waals surface area contributed by atoms with Gasteiger partial charge >= 0.3 is 5.97 Å². The number of pyridine rings is 1. The maximum absolute atomic E-state index is 13.2. The molecule has 1 N–H and O–H groups in total. The summed E-state index contributed by atoms with van der Waals surface area (Å²) in [6.45, 7) is 0. The first kappa shape index (κ1) is 11.8. The molecule has 0 fully saturated rings. The maximum Gasteiger partial charge on any atom is 0.309 e. The van der Waals surface area contributed by atoms with Crippen molar-refractivity contribution in [2.24, 2.45) is 0 Å². The van der Waals surface area contributed by atoms with Crippen LogP contribution in [0.5, 0.6) is 0 Å². The Hall–Kier alpha value is -1.30. The second kappa shape index (κ2) is 4.06. The lowest BCUT2D eigenvalue weighted by Crippen LogP contribution is -2.21. The zero-order valence-electron chi connectivity index (χ0n) is 7.18. The van der Waals surface area contributed by atoms with Crippen LogP contribution in [-0.2, 0) is 10.7 Å². The Morgan fingerprint density at radius 2 is 2.20 bits per heavy atom. The second-order valence-electron chi connectivity index (χ2n) is 2.73. The number of hydrogen-bond donors (Lipinski definition) is 1. The van der Waals surface area contributed by atoms with E-state index in [0.29, 0.717) is 0 Å². The van der Waals surface area contributed by atoms with Crippen LogP contribution in [-0.4, -0.2) is 16.1 Å². The molecule has 0 aromatic carbocycles. The average molecular weight is 240 g/mol. The van der Waals surface area contributed by atoms with Gasteiger partial charge in [-0.1, -0.05) is 11.6 Å². The molecule has 82 valence electrons. The van der Waals surface area contributed by atoms with Gasteiger partial charge in [0.25, 0.3) is 5.92 Å². The van der Waals surface area contributed by atoms with Crippen LogP contribution < -0.4 is 0 Å².